The van der Waals surface area contributed by atoms with Gasteiger partial charge in [0.2, 0.25) is 0 Å². The first-order valence-corrected chi connectivity index (χ1v) is 10.5. The fourth-order valence-corrected chi connectivity index (χ4v) is 4.46. The molecule has 2 aromatic carbocycles. The predicted molar refractivity (Wildman–Crippen MR) is 119 cm³/mol. The maximum atomic E-state index is 13.7. The monoisotopic (exact) mass is 408 g/mol. The van der Waals surface area contributed by atoms with Crippen LogP contribution in [-0.2, 0) is 10.2 Å². The number of hydrogen-bond donors (Lipinski definition) is 0. The Balaban J connectivity index is 1.61. The highest BCUT2D eigenvalue weighted by molar-refractivity contribution is 6.33. The summed E-state index contributed by atoms with van der Waals surface area (Å²) in [4.78, 5) is 6.65. The van der Waals surface area contributed by atoms with E-state index in [0.717, 1.165) is 53.4 Å². The van der Waals surface area contributed by atoms with Crippen LogP contribution in [0.1, 0.15) is 37.0 Å². The molecule has 0 amide bonds. The molecule has 30 heavy (non-hydrogen) atoms. The number of benzene rings is 2. The van der Waals surface area contributed by atoms with Gasteiger partial charge in [0.15, 0.2) is 0 Å². The number of nitrogens with zero attached hydrogens (tertiary/aromatic N) is 2. The number of rotatable bonds is 5. The van der Waals surface area contributed by atoms with E-state index in [0.29, 0.717) is 6.61 Å². The number of fused-ring (bicyclic) bond motifs is 1. The van der Waals surface area contributed by atoms with Crippen molar-refractivity contribution in [2.75, 3.05) is 26.7 Å². The molecule has 1 aromatic heterocycles. The lowest BCUT2D eigenvalue weighted by molar-refractivity contribution is 0.00699. The Kier molecular flexibility index (Phi) is 5.89. The standard InChI is InChI=1S/C24H27BF2N2O/c1-16(22-13-19(25)11-17-12-21(27)14-28-23(17)22)30-15-24(7-9-29(2)10-8-24)18-3-5-20(26)6-4-18/h3-6,11-14,16H,7-10,15,25H2,1-2H3. The molecule has 1 saturated heterocycles. The van der Waals surface area contributed by atoms with Gasteiger partial charge in [0.25, 0.3) is 0 Å². The van der Waals surface area contributed by atoms with Gasteiger partial charge in [-0.3, -0.25) is 4.98 Å². The summed E-state index contributed by atoms with van der Waals surface area (Å²) in [6.07, 6.45) is 2.98. The van der Waals surface area contributed by atoms with E-state index >= 15 is 0 Å². The van der Waals surface area contributed by atoms with Crippen LogP contribution in [0.25, 0.3) is 10.9 Å². The second kappa shape index (κ2) is 8.44. The van der Waals surface area contributed by atoms with Crippen LogP contribution in [0.4, 0.5) is 8.78 Å². The van der Waals surface area contributed by atoms with Crippen LogP contribution in [0.15, 0.2) is 48.7 Å². The molecule has 0 radical (unpaired) electrons. The van der Waals surface area contributed by atoms with Crippen LogP contribution >= 0.6 is 0 Å². The molecule has 2 heterocycles. The van der Waals surface area contributed by atoms with E-state index in [1.165, 1.54) is 24.4 Å². The van der Waals surface area contributed by atoms with Crippen molar-refractivity contribution in [3.05, 3.63) is 71.4 Å². The number of hydrogen-bond acceptors (Lipinski definition) is 3. The number of piperidine rings is 1. The average Bonchev–Trinajstić information content (AvgIpc) is 2.73. The summed E-state index contributed by atoms with van der Waals surface area (Å²) in [7, 11) is 4.12. The summed E-state index contributed by atoms with van der Waals surface area (Å²) >= 11 is 0. The third-order valence-electron chi connectivity index (χ3n) is 6.37. The largest absolute Gasteiger partial charge is 0.373 e. The van der Waals surface area contributed by atoms with Crippen LogP contribution in [0.5, 0.6) is 0 Å². The summed E-state index contributed by atoms with van der Waals surface area (Å²) < 4.78 is 33.6. The van der Waals surface area contributed by atoms with Gasteiger partial charge in [-0.05, 0) is 63.7 Å². The highest BCUT2D eigenvalue weighted by Gasteiger charge is 2.36. The maximum absolute atomic E-state index is 13.7. The molecule has 0 N–H and O–H groups in total. The van der Waals surface area contributed by atoms with Gasteiger partial charge in [0.05, 0.1) is 24.4 Å². The van der Waals surface area contributed by atoms with Crippen molar-refractivity contribution in [1.29, 1.82) is 0 Å². The van der Waals surface area contributed by atoms with Crippen molar-refractivity contribution in [1.82, 2.24) is 9.88 Å². The molecule has 1 unspecified atom stereocenters. The van der Waals surface area contributed by atoms with Crippen molar-refractivity contribution >= 4 is 24.2 Å². The van der Waals surface area contributed by atoms with Crippen LogP contribution in [0.3, 0.4) is 0 Å². The number of halogens is 2. The Morgan fingerprint density at radius 1 is 1.10 bits per heavy atom. The molecule has 1 aliphatic heterocycles. The second-order valence-corrected chi connectivity index (χ2v) is 8.62. The van der Waals surface area contributed by atoms with Crippen molar-refractivity contribution in [2.45, 2.75) is 31.3 Å². The first kappa shape index (κ1) is 20.9. The van der Waals surface area contributed by atoms with Gasteiger partial charge in [-0.25, -0.2) is 8.78 Å². The Bertz CT molecular complexity index is 1030. The number of pyridine rings is 1. The fourth-order valence-electron chi connectivity index (χ4n) is 4.46. The third-order valence-corrected chi connectivity index (χ3v) is 6.37. The SMILES string of the molecule is Bc1cc(C(C)OCC2(c3ccc(F)cc3)CCN(C)CC2)c2ncc(F)cc2c1. The molecule has 0 bridgehead atoms. The molecule has 4 rings (SSSR count). The van der Waals surface area contributed by atoms with E-state index in [9.17, 15) is 8.78 Å². The highest BCUT2D eigenvalue weighted by atomic mass is 19.1. The highest BCUT2D eigenvalue weighted by Crippen LogP contribution is 2.37. The van der Waals surface area contributed by atoms with Gasteiger partial charge < -0.3 is 9.64 Å². The molecule has 0 saturated carbocycles. The molecule has 156 valence electrons. The number of ether oxygens (including phenoxy) is 1. The molecule has 0 spiro atoms. The van der Waals surface area contributed by atoms with Crippen LogP contribution in [-0.4, -0.2) is 44.5 Å². The quantitative estimate of drug-likeness (QED) is 0.605. The topological polar surface area (TPSA) is 25.4 Å². The first-order valence-electron chi connectivity index (χ1n) is 10.5. The van der Waals surface area contributed by atoms with E-state index in [4.69, 9.17) is 4.74 Å². The molecule has 1 aliphatic rings. The summed E-state index contributed by atoms with van der Waals surface area (Å²) in [5.41, 5.74) is 3.76. The first-order chi connectivity index (χ1) is 14.4. The molecule has 3 aromatic rings. The molecule has 1 atom stereocenters. The Morgan fingerprint density at radius 3 is 2.50 bits per heavy atom. The normalized spacial score (nSPS) is 17.9. The lowest BCUT2D eigenvalue weighted by Gasteiger charge is -2.41. The number of likely N-dealkylation sites (tertiary alicyclic amines) is 1. The molecule has 6 heteroatoms. The summed E-state index contributed by atoms with van der Waals surface area (Å²) in [6, 6.07) is 12.4. The Labute approximate surface area is 177 Å². The van der Waals surface area contributed by atoms with Crippen LogP contribution in [0.2, 0.25) is 0 Å². The zero-order valence-electron chi connectivity index (χ0n) is 17.8. The van der Waals surface area contributed by atoms with Gasteiger partial charge in [-0.15, -0.1) is 0 Å². The van der Waals surface area contributed by atoms with Gasteiger partial charge in [-0.2, -0.15) is 0 Å². The zero-order valence-corrected chi connectivity index (χ0v) is 17.8. The van der Waals surface area contributed by atoms with Crippen LogP contribution in [0, 0.1) is 11.6 Å². The van der Waals surface area contributed by atoms with Gasteiger partial charge >= 0.3 is 0 Å². The summed E-state index contributed by atoms with van der Waals surface area (Å²) in [5.74, 6) is -0.560. The third kappa shape index (κ3) is 4.25. The maximum Gasteiger partial charge on any atom is 0.142 e. The predicted octanol–water partition coefficient (Wildman–Crippen LogP) is 3.51. The minimum atomic E-state index is -0.339. The lowest BCUT2D eigenvalue weighted by Crippen LogP contribution is -2.44. The van der Waals surface area contributed by atoms with Crippen molar-refractivity contribution in [3.63, 3.8) is 0 Å². The van der Waals surface area contributed by atoms with E-state index in [1.54, 1.807) is 0 Å². The molecule has 3 nitrogen and oxygen atoms in total. The molecular formula is C24H27BF2N2O. The Hall–Kier alpha value is -2.31. The van der Waals surface area contributed by atoms with Gasteiger partial charge in [-0.1, -0.05) is 29.7 Å². The molecular weight excluding hydrogens is 381 g/mol. The summed E-state index contributed by atoms with van der Waals surface area (Å²) in [6.45, 7) is 4.52. The minimum Gasteiger partial charge on any atom is -0.373 e. The molecule has 1 fully saturated rings. The van der Waals surface area contributed by atoms with Crippen molar-refractivity contribution in [3.8, 4) is 0 Å². The van der Waals surface area contributed by atoms with Crippen molar-refractivity contribution in [2.24, 2.45) is 0 Å². The number of aromatic nitrogens is 1. The average molecular weight is 408 g/mol. The minimum absolute atomic E-state index is 0.145. The van der Waals surface area contributed by atoms with E-state index in [2.05, 4.69) is 23.0 Å². The fraction of sp³-hybridized carbons (Fsp3) is 0.375. The van der Waals surface area contributed by atoms with E-state index in [-0.39, 0.29) is 23.2 Å². The lowest BCUT2D eigenvalue weighted by atomic mass is 9.73. The van der Waals surface area contributed by atoms with Gasteiger partial charge in [0.1, 0.15) is 19.5 Å². The van der Waals surface area contributed by atoms with Crippen molar-refractivity contribution < 1.29 is 13.5 Å². The Morgan fingerprint density at radius 2 is 1.80 bits per heavy atom. The van der Waals surface area contributed by atoms with E-state index < -0.39 is 0 Å². The van der Waals surface area contributed by atoms with E-state index in [1.807, 2.05) is 33.0 Å². The van der Waals surface area contributed by atoms with Crippen LogP contribution < -0.4 is 5.46 Å². The smallest absolute Gasteiger partial charge is 0.142 e. The second-order valence-electron chi connectivity index (χ2n) is 8.62. The molecule has 0 aliphatic carbocycles. The summed E-state index contributed by atoms with van der Waals surface area (Å²) in [5, 5.41) is 0.785. The van der Waals surface area contributed by atoms with Gasteiger partial charge in [0, 0.05) is 16.4 Å². The zero-order chi connectivity index (χ0) is 21.3.